The second-order valence-electron chi connectivity index (χ2n) is 9.89. The minimum atomic E-state index is -0.429. The van der Waals surface area contributed by atoms with E-state index in [1.54, 1.807) is 18.1 Å². The maximum absolute atomic E-state index is 10.8. The molecule has 27 heavy (non-hydrogen) atoms. The number of aliphatic hydroxyl groups excluding tert-OH is 1. The number of hydrogen-bond donors (Lipinski definition) is 1. The van der Waals surface area contributed by atoms with Gasteiger partial charge in [0.25, 0.3) is 0 Å². The molecule has 2 aliphatic rings. The molecule has 1 N–H and O–H groups in total. The second kappa shape index (κ2) is 7.99. The minimum absolute atomic E-state index is 0.163. The Morgan fingerprint density at radius 1 is 1.37 bits per heavy atom. The number of fused-ring (bicyclic) bond motifs is 1. The molecule has 150 valence electrons. The Hall–Kier alpha value is -1.28. The summed E-state index contributed by atoms with van der Waals surface area (Å²) < 4.78 is 5.20. The molecule has 0 bridgehead atoms. The summed E-state index contributed by atoms with van der Waals surface area (Å²) in [5.74, 6) is 1.32. The van der Waals surface area contributed by atoms with Crippen LogP contribution in [-0.4, -0.2) is 5.11 Å². The van der Waals surface area contributed by atoms with Crippen molar-refractivity contribution in [1.82, 2.24) is 0 Å². The van der Waals surface area contributed by atoms with Crippen LogP contribution in [0.3, 0.4) is 0 Å². The van der Waals surface area contributed by atoms with Gasteiger partial charge >= 0.3 is 0 Å². The van der Waals surface area contributed by atoms with Gasteiger partial charge in [0.1, 0.15) is 0 Å². The first kappa shape index (κ1) is 20.5. The fraction of sp³-hybridized carbons (Fsp3) is 0.680. The van der Waals surface area contributed by atoms with E-state index < -0.39 is 6.10 Å². The van der Waals surface area contributed by atoms with E-state index in [9.17, 15) is 5.11 Å². The molecular weight excluding hydrogens is 332 g/mol. The summed E-state index contributed by atoms with van der Waals surface area (Å²) in [5.41, 5.74) is 4.36. The molecule has 1 heterocycles. The van der Waals surface area contributed by atoms with Gasteiger partial charge in [0.2, 0.25) is 0 Å². The van der Waals surface area contributed by atoms with Crippen LogP contribution < -0.4 is 0 Å². The number of rotatable bonds is 7. The van der Waals surface area contributed by atoms with Crippen LogP contribution in [0, 0.1) is 22.7 Å². The zero-order valence-electron chi connectivity index (χ0n) is 17.8. The Kier molecular flexibility index (Phi) is 6.05. The molecule has 0 spiro atoms. The van der Waals surface area contributed by atoms with Crippen molar-refractivity contribution in [2.75, 3.05) is 0 Å². The van der Waals surface area contributed by atoms with Crippen molar-refractivity contribution in [1.29, 1.82) is 0 Å². The SMILES string of the molecule is C=C(C)CCC[C@]1(C)C2=CCC[C@](C)(C[C@H](O)c3ccoc3)[C@H]2CC[C@H]1C. The Balaban J connectivity index is 1.80. The maximum Gasteiger partial charge on any atom is 0.0960 e. The standard InChI is InChI=1S/C25H38O2/c1-18(2)8-6-14-25(5)19(3)10-11-21-22(25)9-7-13-24(21,4)16-23(26)20-12-15-27-17-20/h9,12,15,17,19,21,23,26H,1,6-8,10-11,13-14,16H2,2-5H3/t19-,21+,23+,24-,25+/m1/s1. The van der Waals surface area contributed by atoms with E-state index >= 15 is 0 Å². The molecule has 1 fully saturated rings. The summed E-state index contributed by atoms with van der Waals surface area (Å²) in [6.07, 6.45) is 14.8. The van der Waals surface area contributed by atoms with Crippen LogP contribution in [0.4, 0.5) is 0 Å². The predicted octanol–water partition coefficient (Wildman–Crippen LogP) is 7.23. The van der Waals surface area contributed by atoms with Crippen LogP contribution in [0.15, 0.2) is 46.8 Å². The summed E-state index contributed by atoms with van der Waals surface area (Å²) in [5, 5.41) is 10.8. The third-order valence-electron chi connectivity index (χ3n) is 7.82. The highest BCUT2D eigenvalue weighted by Crippen LogP contribution is 2.60. The zero-order chi connectivity index (χ0) is 19.7. The molecule has 0 aliphatic heterocycles. The molecule has 3 rings (SSSR count). The Bertz CT molecular complexity index is 671. The van der Waals surface area contributed by atoms with Crippen LogP contribution >= 0.6 is 0 Å². The quantitative estimate of drug-likeness (QED) is 0.514. The van der Waals surface area contributed by atoms with Crippen LogP contribution in [0.5, 0.6) is 0 Å². The molecule has 0 radical (unpaired) electrons. The van der Waals surface area contributed by atoms with Crippen molar-refractivity contribution in [3.05, 3.63) is 48.0 Å². The Morgan fingerprint density at radius 2 is 2.15 bits per heavy atom. The molecular formula is C25H38O2. The highest BCUT2D eigenvalue weighted by Gasteiger charge is 2.49. The predicted molar refractivity (Wildman–Crippen MR) is 112 cm³/mol. The van der Waals surface area contributed by atoms with E-state index in [0.29, 0.717) is 11.3 Å². The van der Waals surface area contributed by atoms with Crippen LogP contribution in [0.1, 0.15) is 90.7 Å². The average molecular weight is 371 g/mol. The lowest BCUT2D eigenvalue weighted by Crippen LogP contribution is -2.44. The van der Waals surface area contributed by atoms with E-state index in [1.165, 1.54) is 37.7 Å². The summed E-state index contributed by atoms with van der Waals surface area (Å²) in [7, 11) is 0. The molecule has 1 saturated carbocycles. The summed E-state index contributed by atoms with van der Waals surface area (Å²) in [4.78, 5) is 0. The third kappa shape index (κ3) is 4.11. The van der Waals surface area contributed by atoms with Gasteiger partial charge in [-0.05, 0) is 87.0 Å². The average Bonchev–Trinajstić information content (AvgIpc) is 3.13. The van der Waals surface area contributed by atoms with Gasteiger partial charge in [-0.1, -0.05) is 38.0 Å². The van der Waals surface area contributed by atoms with Gasteiger partial charge in [0, 0.05) is 5.56 Å². The van der Waals surface area contributed by atoms with Crippen molar-refractivity contribution in [2.24, 2.45) is 22.7 Å². The topological polar surface area (TPSA) is 33.4 Å². The highest BCUT2D eigenvalue weighted by molar-refractivity contribution is 5.27. The molecule has 0 aromatic carbocycles. The monoisotopic (exact) mass is 370 g/mol. The minimum Gasteiger partial charge on any atom is -0.472 e. The largest absolute Gasteiger partial charge is 0.472 e. The lowest BCUT2D eigenvalue weighted by molar-refractivity contribution is 0.0243. The van der Waals surface area contributed by atoms with E-state index in [1.807, 2.05) is 6.07 Å². The smallest absolute Gasteiger partial charge is 0.0960 e. The van der Waals surface area contributed by atoms with Gasteiger partial charge in [0.05, 0.1) is 18.6 Å². The summed E-state index contributed by atoms with van der Waals surface area (Å²) in [6.45, 7) is 13.6. The second-order valence-corrected chi connectivity index (χ2v) is 9.89. The normalized spacial score (nSPS) is 34.6. The number of allylic oxidation sites excluding steroid dienone is 3. The van der Waals surface area contributed by atoms with Crippen molar-refractivity contribution >= 4 is 0 Å². The van der Waals surface area contributed by atoms with E-state index in [2.05, 4.69) is 40.3 Å². The molecule has 2 heteroatoms. The van der Waals surface area contributed by atoms with Crippen LogP contribution in [-0.2, 0) is 0 Å². The molecule has 2 nitrogen and oxygen atoms in total. The van der Waals surface area contributed by atoms with Gasteiger partial charge in [-0.25, -0.2) is 0 Å². The van der Waals surface area contributed by atoms with E-state index in [-0.39, 0.29) is 5.41 Å². The first-order valence-electron chi connectivity index (χ1n) is 10.8. The van der Waals surface area contributed by atoms with Gasteiger partial charge in [-0.2, -0.15) is 0 Å². The number of aliphatic hydroxyl groups is 1. The lowest BCUT2D eigenvalue weighted by atomic mass is 9.50. The molecule has 0 unspecified atom stereocenters. The van der Waals surface area contributed by atoms with Crippen LogP contribution in [0.25, 0.3) is 0 Å². The van der Waals surface area contributed by atoms with Gasteiger partial charge in [0.15, 0.2) is 0 Å². The van der Waals surface area contributed by atoms with Gasteiger partial charge < -0.3 is 9.52 Å². The molecule has 0 amide bonds. The zero-order valence-corrected chi connectivity index (χ0v) is 17.8. The first-order chi connectivity index (χ1) is 12.8. The Morgan fingerprint density at radius 3 is 2.81 bits per heavy atom. The molecule has 0 saturated heterocycles. The van der Waals surface area contributed by atoms with Gasteiger partial charge in [-0.3, -0.25) is 0 Å². The van der Waals surface area contributed by atoms with Crippen molar-refractivity contribution in [3.8, 4) is 0 Å². The lowest BCUT2D eigenvalue weighted by Gasteiger charge is -2.54. The number of furan rings is 1. The van der Waals surface area contributed by atoms with Crippen molar-refractivity contribution < 1.29 is 9.52 Å². The molecule has 1 aromatic rings. The first-order valence-corrected chi connectivity index (χ1v) is 10.8. The van der Waals surface area contributed by atoms with Gasteiger partial charge in [-0.15, -0.1) is 6.58 Å². The summed E-state index contributed by atoms with van der Waals surface area (Å²) >= 11 is 0. The van der Waals surface area contributed by atoms with E-state index in [4.69, 9.17) is 4.42 Å². The molecule has 2 aliphatic carbocycles. The fourth-order valence-electron chi connectivity index (χ4n) is 5.82. The molecule has 5 atom stereocenters. The van der Waals surface area contributed by atoms with E-state index in [0.717, 1.165) is 30.7 Å². The maximum atomic E-state index is 10.8. The fourth-order valence-corrected chi connectivity index (χ4v) is 5.82. The highest BCUT2D eigenvalue weighted by atomic mass is 16.3. The van der Waals surface area contributed by atoms with Crippen LogP contribution in [0.2, 0.25) is 0 Å². The summed E-state index contributed by atoms with van der Waals surface area (Å²) in [6, 6.07) is 1.90. The Labute approximate surface area is 165 Å². The van der Waals surface area contributed by atoms with Crippen molar-refractivity contribution in [3.63, 3.8) is 0 Å². The molecule has 1 aromatic heterocycles. The number of hydrogen-bond acceptors (Lipinski definition) is 2. The van der Waals surface area contributed by atoms with Crippen molar-refractivity contribution in [2.45, 2.75) is 85.2 Å². The third-order valence-corrected chi connectivity index (χ3v) is 7.82.